The van der Waals surface area contributed by atoms with Gasteiger partial charge in [-0.3, -0.25) is 4.99 Å². The Morgan fingerprint density at radius 2 is 1.65 bits per heavy atom. The minimum Gasteiger partial charge on any atom is -0.495 e. The monoisotopic (exact) mass is 340 g/mol. The lowest BCUT2D eigenvalue weighted by atomic mass is 10.1. The minimum atomic E-state index is 0.829. The number of fused-ring (bicyclic) bond motifs is 1. The zero-order valence-corrected chi connectivity index (χ0v) is 14.9. The fourth-order valence-corrected chi connectivity index (χ4v) is 3.19. The molecule has 128 valence electrons. The third-order valence-electron chi connectivity index (χ3n) is 4.57. The third kappa shape index (κ3) is 2.88. The van der Waals surface area contributed by atoms with Crippen molar-refractivity contribution in [3.63, 3.8) is 0 Å². The SMILES string of the molecule is COc1cccc2c(C=Nc3ccccc3C)c(-c3ccccc3)[nH]c12. The molecule has 1 aromatic heterocycles. The summed E-state index contributed by atoms with van der Waals surface area (Å²) in [5.74, 6) is 0.829. The molecule has 0 atom stereocenters. The number of aryl methyl sites for hydroxylation is 1. The number of methoxy groups -OCH3 is 1. The molecule has 0 radical (unpaired) electrons. The van der Waals surface area contributed by atoms with Gasteiger partial charge in [0, 0.05) is 17.2 Å². The van der Waals surface area contributed by atoms with Crippen molar-refractivity contribution in [2.75, 3.05) is 7.11 Å². The molecular formula is C23H20N2O. The molecule has 3 nitrogen and oxygen atoms in total. The van der Waals surface area contributed by atoms with Crippen LogP contribution in [0, 0.1) is 6.92 Å². The molecule has 1 N–H and O–H groups in total. The average Bonchev–Trinajstić information content (AvgIpc) is 3.07. The molecule has 0 spiro atoms. The van der Waals surface area contributed by atoms with E-state index in [4.69, 9.17) is 9.73 Å². The molecule has 26 heavy (non-hydrogen) atoms. The van der Waals surface area contributed by atoms with E-state index in [0.29, 0.717) is 0 Å². The molecule has 1 heterocycles. The average molecular weight is 340 g/mol. The fourth-order valence-electron chi connectivity index (χ4n) is 3.19. The van der Waals surface area contributed by atoms with Crippen molar-refractivity contribution >= 4 is 22.8 Å². The van der Waals surface area contributed by atoms with Crippen LogP contribution in [0.15, 0.2) is 77.8 Å². The lowest BCUT2D eigenvalue weighted by molar-refractivity contribution is 0.419. The number of H-pyrrole nitrogens is 1. The summed E-state index contributed by atoms with van der Waals surface area (Å²) in [6, 6.07) is 24.5. The Labute approximate surface area is 153 Å². The normalized spacial score (nSPS) is 11.3. The highest BCUT2D eigenvalue weighted by Gasteiger charge is 2.14. The molecular weight excluding hydrogens is 320 g/mol. The maximum Gasteiger partial charge on any atom is 0.142 e. The predicted octanol–water partition coefficient (Wildman–Crippen LogP) is 5.90. The second kappa shape index (κ2) is 6.89. The number of hydrogen-bond donors (Lipinski definition) is 1. The smallest absolute Gasteiger partial charge is 0.142 e. The Balaban J connectivity index is 1.93. The van der Waals surface area contributed by atoms with Crippen LogP contribution >= 0.6 is 0 Å². The fraction of sp³-hybridized carbons (Fsp3) is 0.0870. The molecule has 0 saturated heterocycles. The topological polar surface area (TPSA) is 37.4 Å². The Morgan fingerprint density at radius 3 is 2.42 bits per heavy atom. The number of aromatic nitrogens is 1. The quantitative estimate of drug-likeness (QED) is 0.461. The van der Waals surface area contributed by atoms with Gasteiger partial charge in [0.1, 0.15) is 5.75 Å². The van der Waals surface area contributed by atoms with Gasteiger partial charge in [0.25, 0.3) is 0 Å². The van der Waals surface area contributed by atoms with E-state index in [1.807, 2.05) is 54.7 Å². The van der Waals surface area contributed by atoms with Gasteiger partial charge in [-0.2, -0.15) is 0 Å². The van der Waals surface area contributed by atoms with Gasteiger partial charge in [0.15, 0.2) is 0 Å². The molecule has 0 saturated carbocycles. The maximum absolute atomic E-state index is 5.54. The number of nitrogens with one attached hydrogen (secondary N) is 1. The summed E-state index contributed by atoms with van der Waals surface area (Å²) in [5, 5.41) is 1.10. The van der Waals surface area contributed by atoms with Crippen LogP contribution in [0.5, 0.6) is 5.75 Å². The molecule has 3 aromatic carbocycles. The van der Waals surface area contributed by atoms with Gasteiger partial charge in [-0.1, -0.05) is 60.7 Å². The van der Waals surface area contributed by atoms with Crippen LogP contribution in [0.3, 0.4) is 0 Å². The first-order valence-corrected chi connectivity index (χ1v) is 8.61. The Bertz CT molecular complexity index is 1080. The second-order valence-electron chi connectivity index (χ2n) is 6.21. The van der Waals surface area contributed by atoms with E-state index in [-0.39, 0.29) is 0 Å². The van der Waals surface area contributed by atoms with Crippen LogP contribution < -0.4 is 4.74 Å². The van der Waals surface area contributed by atoms with Gasteiger partial charge in [0.05, 0.1) is 24.0 Å². The first-order chi connectivity index (χ1) is 12.8. The lowest BCUT2D eigenvalue weighted by Crippen LogP contribution is -1.86. The van der Waals surface area contributed by atoms with Crippen LogP contribution in [0.25, 0.3) is 22.2 Å². The summed E-state index contributed by atoms with van der Waals surface area (Å²) in [6.07, 6.45) is 1.95. The molecule has 0 aliphatic carbocycles. The van der Waals surface area contributed by atoms with Crippen molar-refractivity contribution in [3.8, 4) is 17.0 Å². The Kier molecular flexibility index (Phi) is 4.28. The van der Waals surface area contributed by atoms with E-state index < -0.39 is 0 Å². The molecule has 0 unspecified atom stereocenters. The van der Waals surface area contributed by atoms with Gasteiger partial charge in [-0.15, -0.1) is 0 Å². The van der Waals surface area contributed by atoms with E-state index in [1.165, 1.54) is 0 Å². The Hall–Kier alpha value is -3.33. The summed E-state index contributed by atoms with van der Waals surface area (Å²) in [7, 11) is 1.69. The van der Waals surface area contributed by atoms with Crippen molar-refractivity contribution in [1.29, 1.82) is 0 Å². The van der Waals surface area contributed by atoms with Crippen molar-refractivity contribution < 1.29 is 4.74 Å². The number of nitrogens with zero attached hydrogens (tertiary/aromatic N) is 1. The number of hydrogen-bond acceptors (Lipinski definition) is 2. The van der Waals surface area contributed by atoms with Gasteiger partial charge in [-0.25, -0.2) is 0 Å². The first-order valence-electron chi connectivity index (χ1n) is 8.61. The third-order valence-corrected chi connectivity index (χ3v) is 4.57. The first kappa shape index (κ1) is 16.2. The van der Waals surface area contributed by atoms with E-state index in [1.54, 1.807) is 7.11 Å². The minimum absolute atomic E-state index is 0.829. The molecule has 0 aliphatic heterocycles. The van der Waals surface area contributed by atoms with Crippen molar-refractivity contribution in [3.05, 3.63) is 83.9 Å². The number of benzene rings is 3. The molecule has 4 aromatic rings. The van der Waals surface area contributed by atoms with Gasteiger partial charge in [0.2, 0.25) is 0 Å². The van der Waals surface area contributed by atoms with E-state index in [2.05, 4.69) is 36.2 Å². The van der Waals surface area contributed by atoms with E-state index in [0.717, 1.165) is 44.7 Å². The molecule has 0 amide bonds. The molecule has 4 rings (SSSR count). The highest BCUT2D eigenvalue weighted by Crippen LogP contribution is 2.34. The molecule has 0 bridgehead atoms. The van der Waals surface area contributed by atoms with Crippen LogP contribution in [0.2, 0.25) is 0 Å². The van der Waals surface area contributed by atoms with Crippen molar-refractivity contribution in [2.45, 2.75) is 6.92 Å². The van der Waals surface area contributed by atoms with Crippen LogP contribution in [-0.4, -0.2) is 18.3 Å². The summed E-state index contributed by atoms with van der Waals surface area (Å²) >= 11 is 0. The van der Waals surface area contributed by atoms with Crippen LogP contribution in [0.1, 0.15) is 11.1 Å². The zero-order valence-electron chi connectivity index (χ0n) is 14.9. The molecule has 0 aliphatic rings. The Morgan fingerprint density at radius 1 is 0.885 bits per heavy atom. The largest absolute Gasteiger partial charge is 0.495 e. The highest BCUT2D eigenvalue weighted by atomic mass is 16.5. The standard InChI is InChI=1S/C23H20N2O/c1-16-9-6-7-13-20(16)24-15-19-18-12-8-14-21(26-2)23(18)25-22(19)17-10-4-3-5-11-17/h3-15,25H,1-2H3. The van der Waals surface area contributed by atoms with E-state index in [9.17, 15) is 0 Å². The van der Waals surface area contributed by atoms with Crippen LogP contribution in [0.4, 0.5) is 5.69 Å². The number of ether oxygens (including phenoxy) is 1. The molecule has 3 heteroatoms. The second-order valence-corrected chi connectivity index (χ2v) is 6.21. The summed E-state index contributed by atoms with van der Waals surface area (Å²) in [4.78, 5) is 8.29. The number of aromatic amines is 1. The van der Waals surface area contributed by atoms with E-state index >= 15 is 0 Å². The zero-order chi connectivity index (χ0) is 17.9. The van der Waals surface area contributed by atoms with Crippen molar-refractivity contribution in [1.82, 2.24) is 4.98 Å². The maximum atomic E-state index is 5.54. The van der Waals surface area contributed by atoms with Gasteiger partial charge >= 0.3 is 0 Å². The number of aliphatic imine (C=N–C) groups is 1. The lowest BCUT2D eigenvalue weighted by Gasteiger charge is -2.02. The van der Waals surface area contributed by atoms with Crippen molar-refractivity contribution in [2.24, 2.45) is 4.99 Å². The predicted molar refractivity (Wildman–Crippen MR) is 109 cm³/mol. The number of para-hydroxylation sites is 2. The van der Waals surface area contributed by atoms with Gasteiger partial charge in [-0.05, 0) is 30.2 Å². The summed E-state index contributed by atoms with van der Waals surface area (Å²) in [5.41, 5.74) is 6.35. The summed E-state index contributed by atoms with van der Waals surface area (Å²) in [6.45, 7) is 2.07. The molecule has 0 fully saturated rings. The van der Waals surface area contributed by atoms with Gasteiger partial charge < -0.3 is 9.72 Å². The summed E-state index contributed by atoms with van der Waals surface area (Å²) < 4.78 is 5.54. The van der Waals surface area contributed by atoms with Crippen LogP contribution in [-0.2, 0) is 0 Å². The highest BCUT2D eigenvalue weighted by molar-refractivity contribution is 6.08. The number of rotatable bonds is 4.